The van der Waals surface area contributed by atoms with E-state index in [1.54, 1.807) is 46.0 Å². The predicted molar refractivity (Wildman–Crippen MR) is 113 cm³/mol. The van der Waals surface area contributed by atoms with Gasteiger partial charge in [-0.1, -0.05) is 23.7 Å². The van der Waals surface area contributed by atoms with Gasteiger partial charge in [0.2, 0.25) is 15.9 Å². The molecule has 6 nitrogen and oxygen atoms in total. The number of rotatable bonds is 6. The summed E-state index contributed by atoms with van der Waals surface area (Å²) in [5, 5.41) is 3.15. The van der Waals surface area contributed by atoms with Crippen molar-refractivity contribution in [1.82, 2.24) is 10.0 Å². The lowest BCUT2D eigenvalue weighted by Crippen LogP contribution is -2.63. The van der Waals surface area contributed by atoms with Gasteiger partial charge in [0.25, 0.3) is 0 Å². The number of nitrogens with one attached hydrogen (secondary N) is 2. The Balaban J connectivity index is 1.48. The fraction of sp³-hybridized carbons (Fsp3) is 0.619. The van der Waals surface area contributed by atoms with E-state index in [1.807, 2.05) is 0 Å². The lowest BCUT2D eigenvalue weighted by Gasteiger charge is -2.58. The maximum absolute atomic E-state index is 13.1. The minimum absolute atomic E-state index is 0.0226. The summed E-state index contributed by atoms with van der Waals surface area (Å²) in [6, 6.07) is 6.76. The molecular weight excluding hydrogens is 387 g/mol. The summed E-state index contributed by atoms with van der Waals surface area (Å²) in [6.45, 7) is 3.20. The summed E-state index contributed by atoms with van der Waals surface area (Å²) in [5.41, 5.74) is -0.839. The van der Waals surface area contributed by atoms with E-state index in [0.717, 1.165) is 38.4 Å². The van der Waals surface area contributed by atoms with Crippen LogP contribution in [0.5, 0.6) is 0 Å². The standard InChI is InChI=1S/C21H29BN2O4S/c1-20(2,24-29(27,28)17-6-4-3-5-16(17)22)19(26)23-18-14-7-13-8-15(18)11-21(9-13,10-14)12-25/h3-6,12-15,18,24H,7-11,22H2,1-2H3,(H,23,26). The van der Waals surface area contributed by atoms with E-state index in [0.29, 0.717) is 23.2 Å². The van der Waals surface area contributed by atoms with Crippen LogP contribution in [0.15, 0.2) is 29.2 Å². The first-order valence-corrected chi connectivity index (χ1v) is 11.9. The maximum atomic E-state index is 13.1. The Bertz CT molecular complexity index is 930. The van der Waals surface area contributed by atoms with E-state index >= 15 is 0 Å². The molecule has 1 aromatic carbocycles. The first-order valence-electron chi connectivity index (χ1n) is 10.4. The van der Waals surface area contributed by atoms with Crippen molar-refractivity contribution in [2.24, 2.45) is 23.2 Å². The highest BCUT2D eigenvalue weighted by Crippen LogP contribution is 2.59. The van der Waals surface area contributed by atoms with Crippen molar-refractivity contribution < 1.29 is 18.0 Å². The van der Waals surface area contributed by atoms with Crippen LogP contribution in [0, 0.1) is 23.2 Å². The van der Waals surface area contributed by atoms with Crippen molar-refractivity contribution in [2.75, 3.05) is 0 Å². The van der Waals surface area contributed by atoms with Crippen LogP contribution >= 0.6 is 0 Å². The van der Waals surface area contributed by atoms with E-state index in [4.69, 9.17) is 0 Å². The Morgan fingerprint density at radius 1 is 1.17 bits per heavy atom. The molecule has 8 heteroatoms. The third kappa shape index (κ3) is 3.65. The number of hydrogen-bond donors (Lipinski definition) is 2. The first kappa shape index (κ1) is 20.6. The molecule has 4 saturated carbocycles. The third-order valence-corrected chi connectivity index (χ3v) is 9.02. The highest BCUT2D eigenvalue weighted by Gasteiger charge is 2.56. The fourth-order valence-corrected chi connectivity index (χ4v) is 7.72. The number of aldehydes is 1. The van der Waals surface area contributed by atoms with Gasteiger partial charge in [-0.15, -0.1) is 0 Å². The lowest BCUT2D eigenvalue weighted by atomic mass is 9.48. The average Bonchev–Trinajstić information content (AvgIpc) is 2.63. The van der Waals surface area contributed by atoms with E-state index in [2.05, 4.69) is 10.0 Å². The molecule has 4 bridgehead atoms. The predicted octanol–water partition coefficient (Wildman–Crippen LogP) is 0.512. The van der Waals surface area contributed by atoms with Crippen LogP contribution in [-0.4, -0.2) is 40.0 Å². The van der Waals surface area contributed by atoms with E-state index in [9.17, 15) is 18.0 Å². The molecule has 0 radical (unpaired) electrons. The van der Waals surface area contributed by atoms with Crippen LogP contribution in [0.3, 0.4) is 0 Å². The Morgan fingerprint density at radius 2 is 1.79 bits per heavy atom. The highest BCUT2D eigenvalue weighted by molar-refractivity contribution is 7.89. The van der Waals surface area contributed by atoms with Gasteiger partial charge in [0, 0.05) is 11.5 Å². The Kier molecular flexibility index (Phi) is 4.93. The SMILES string of the molecule is Bc1ccccc1S(=O)(=O)NC(C)(C)C(=O)NC1C2CC3CC1CC(C=O)(C3)C2. The Morgan fingerprint density at radius 3 is 2.38 bits per heavy atom. The number of carbonyl (C=O) groups is 2. The zero-order valence-electron chi connectivity index (χ0n) is 17.3. The highest BCUT2D eigenvalue weighted by atomic mass is 32.2. The minimum Gasteiger partial charge on any atom is -0.351 e. The normalized spacial score (nSPS) is 33.4. The van der Waals surface area contributed by atoms with E-state index < -0.39 is 15.6 Å². The van der Waals surface area contributed by atoms with Crippen LogP contribution in [0.2, 0.25) is 0 Å². The van der Waals surface area contributed by atoms with Gasteiger partial charge in [-0.2, -0.15) is 4.72 Å². The molecule has 5 rings (SSSR count). The van der Waals surface area contributed by atoms with E-state index in [-0.39, 0.29) is 22.3 Å². The molecule has 1 amide bonds. The van der Waals surface area contributed by atoms with Crippen molar-refractivity contribution in [1.29, 1.82) is 0 Å². The number of hydrogen-bond acceptors (Lipinski definition) is 4. The average molecular weight is 416 g/mol. The molecule has 156 valence electrons. The van der Waals surface area contributed by atoms with Gasteiger partial charge in [0.15, 0.2) is 0 Å². The van der Waals surface area contributed by atoms with Gasteiger partial charge in [-0.3, -0.25) is 4.79 Å². The quantitative estimate of drug-likeness (QED) is 0.522. The summed E-state index contributed by atoms with van der Waals surface area (Å²) in [5.74, 6) is 0.879. The van der Waals surface area contributed by atoms with Crippen molar-refractivity contribution in [3.63, 3.8) is 0 Å². The van der Waals surface area contributed by atoms with Gasteiger partial charge in [0.1, 0.15) is 19.7 Å². The van der Waals surface area contributed by atoms with Crippen LogP contribution in [0.4, 0.5) is 0 Å². The van der Waals surface area contributed by atoms with Crippen LogP contribution in [0.1, 0.15) is 46.0 Å². The number of amides is 1. The van der Waals surface area contributed by atoms with Gasteiger partial charge in [0.05, 0.1) is 4.90 Å². The summed E-state index contributed by atoms with van der Waals surface area (Å²) >= 11 is 0. The Labute approximate surface area is 173 Å². The monoisotopic (exact) mass is 416 g/mol. The van der Waals surface area contributed by atoms with Gasteiger partial charge in [-0.25, -0.2) is 8.42 Å². The molecule has 4 aliphatic rings. The largest absolute Gasteiger partial charge is 0.351 e. The molecule has 0 spiro atoms. The van der Waals surface area contributed by atoms with Crippen LogP contribution in [-0.2, 0) is 19.6 Å². The van der Waals surface area contributed by atoms with Crippen molar-refractivity contribution in [3.8, 4) is 0 Å². The maximum Gasteiger partial charge on any atom is 0.240 e. The summed E-state index contributed by atoms with van der Waals surface area (Å²) < 4.78 is 28.3. The third-order valence-electron chi connectivity index (χ3n) is 7.21. The first-order chi connectivity index (χ1) is 13.6. The molecule has 4 aliphatic carbocycles. The molecule has 2 N–H and O–H groups in total. The fourth-order valence-electron chi connectivity index (χ4n) is 6.09. The van der Waals surface area contributed by atoms with Gasteiger partial charge < -0.3 is 10.1 Å². The second-order valence-corrected chi connectivity index (χ2v) is 11.6. The van der Waals surface area contributed by atoms with Gasteiger partial charge in [-0.05, 0) is 69.8 Å². The molecule has 4 fully saturated rings. The molecule has 29 heavy (non-hydrogen) atoms. The number of benzene rings is 1. The number of sulfonamides is 1. The van der Waals surface area contributed by atoms with Crippen molar-refractivity contribution >= 4 is 35.5 Å². The number of carbonyl (C=O) groups excluding carboxylic acids is 2. The zero-order chi connectivity index (χ0) is 21.0. The van der Waals surface area contributed by atoms with Crippen LogP contribution in [0.25, 0.3) is 0 Å². The summed E-state index contributed by atoms with van der Waals surface area (Å²) in [6.07, 6.45) is 5.91. The topological polar surface area (TPSA) is 92.3 Å². The second kappa shape index (κ2) is 6.94. The smallest absolute Gasteiger partial charge is 0.240 e. The minimum atomic E-state index is -3.83. The van der Waals surface area contributed by atoms with Crippen molar-refractivity contribution in [3.05, 3.63) is 24.3 Å². The molecule has 0 aliphatic heterocycles. The molecule has 0 aromatic heterocycles. The van der Waals surface area contributed by atoms with E-state index in [1.165, 1.54) is 0 Å². The Hall–Kier alpha value is -1.67. The van der Waals surface area contributed by atoms with Gasteiger partial charge >= 0.3 is 0 Å². The molecule has 0 saturated heterocycles. The molecule has 1 aromatic rings. The van der Waals surface area contributed by atoms with Crippen molar-refractivity contribution in [2.45, 2.75) is 62.4 Å². The molecule has 0 heterocycles. The lowest BCUT2D eigenvalue weighted by molar-refractivity contribution is -0.139. The summed E-state index contributed by atoms with van der Waals surface area (Å²) in [4.78, 5) is 25.0. The zero-order valence-corrected chi connectivity index (χ0v) is 18.1. The summed E-state index contributed by atoms with van der Waals surface area (Å²) in [7, 11) is -2.09. The molecule has 2 atom stereocenters. The molecular formula is C21H29BN2O4S. The van der Waals surface area contributed by atoms with Crippen LogP contribution < -0.4 is 15.5 Å². The molecule has 2 unspecified atom stereocenters. The second-order valence-electron chi connectivity index (χ2n) is 9.95.